The van der Waals surface area contributed by atoms with Gasteiger partial charge in [0.1, 0.15) is 0 Å². The monoisotopic (exact) mass is 616 g/mol. The van der Waals surface area contributed by atoms with Gasteiger partial charge >= 0.3 is 0 Å². The molecule has 2 nitrogen and oxygen atoms in total. The predicted octanol–water partition coefficient (Wildman–Crippen LogP) is 10.5. The van der Waals surface area contributed by atoms with E-state index in [0.717, 1.165) is 19.3 Å². The first-order valence-corrected chi connectivity index (χ1v) is 15.2. The van der Waals surface area contributed by atoms with Crippen LogP contribution < -0.4 is 9.47 Å². The van der Waals surface area contributed by atoms with E-state index >= 15 is 0 Å². The number of hydrogen-bond donors (Lipinski definition) is 0. The molecule has 0 saturated carbocycles. The summed E-state index contributed by atoms with van der Waals surface area (Å²) in [5.41, 5.74) is -0.255. The smallest absolute Gasteiger partial charge is 0.201 e. The van der Waals surface area contributed by atoms with Crippen molar-refractivity contribution in [1.29, 1.82) is 0 Å². The first kappa shape index (κ1) is 33.2. The maximum atomic E-state index is 15.0. The van der Waals surface area contributed by atoms with Gasteiger partial charge in [0.05, 0.1) is 13.2 Å². The molecule has 0 radical (unpaired) electrons. The first-order valence-electron chi connectivity index (χ1n) is 15.2. The largest absolute Gasteiger partial charge is 0.490 e. The summed E-state index contributed by atoms with van der Waals surface area (Å²) < 4.78 is 99.3. The third kappa shape index (κ3) is 8.07. The molecule has 0 heterocycles. The molecule has 0 amide bonds. The van der Waals surface area contributed by atoms with Crippen molar-refractivity contribution in [3.63, 3.8) is 0 Å². The van der Waals surface area contributed by atoms with Gasteiger partial charge in [0.25, 0.3) is 0 Å². The lowest BCUT2D eigenvalue weighted by Crippen LogP contribution is -2.20. The quantitative estimate of drug-likeness (QED) is 0.0961. The molecule has 0 spiro atoms. The molecule has 3 aromatic carbocycles. The highest BCUT2D eigenvalue weighted by Crippen LogP contribution is 2.34. The Morgan fingerprint density at radius 1 is 0.636 bits per heavy atom. The Morgan fingerprint density at radius 2 is 1.11 bits per heavy atom. The van der Waals surface area contributed by atoms with Crippen molar-refractivity contribution in [3.8, 4) is 22.6 Å². The van der Waals surface area contributed by atoms with Gasteiger partial charge in [-0.25, -0.2) is 17.6 Å². The van der Waals surface area contributed by atoms with E-state index in [4.69, 9.17) is 9.47 Å². The average molecular weight is 617 g/mol. The van der Waals surface area contributed by atoms with Crippen LogP contribution in [0.25, 0.3) is 11.1 Å². The number of ether oxygens (including phenoxy) is 2. The van der Waals surface area contributed by atoms with Crippen LogP contribution >= 0.6 is 0 Å². The van der Waals surface area contributed by atoms with Crippen molar-refractivity contribution in [2.45, 2.75) is 64.7 Å². The summed E-state index contributed by atoms with van der Waals surface area (Å²) in [5.74, 6) is -7.33. The minimum absolute atomic E-state index is 0.0323. The minimum atomic E-state index is -1.32. The SMILES string of the molecule is C=CCCCc1ccc(-c2ccc(OCC3C=CC(COc4ccc(CCCCC)c(F)c4F)CC3)c(F)c2F)c(F)c1F. The van der Waals surface area contributed by atoms with E-state index in [1.165, 1.54) is 30.3 Å². The van der Waals surface area contributed by atoms with Crippen LogP contribution in [0.1, 0.15) is 63.0 Å². The van der Waals surface area contributed by atoms with Gasteiger partial charge in [-0.2, -0.15) is 8.78 Å². The van der Waals surface area contributed by atoms with E-state index in [-0.39, 0.29) is 47.7 Å². The van der Waals surface area contributed by atoms with E-state index < -0.39 is 40.5 Å². The minimum Gasteiger partial charge on any atom is -0.490 e. The number of hydrogen-bond acceptors (Lipinski definition) is 2. The molecular formula is C36H38F6O2. The second-order valence-corrected chi connectivity index (χ2v) is 11.2. The zero-order valence-electron chi connectivity index (χ0n) is 24.9. The van der Waals surface area contributed by atoms with Gasteiger partial charge in [-0.1, -0.05) is 56.2 Å². The molecule has 0 aliphatic heterocycles. The Balaban J connectivity index is 1.31. The summed E-state index contributed by atoms with van der Waals surface area (Å²) >= 11 is 0. The highest BCUT2D eigenvalue weighted by atomic mass is 19.2. The number of unbranched alkanes of at least 4 members (excludes halogenated alkanes) is 3. The highest BCUT2D eigenvalue weighted by Gasteiger charge is 2.23. The Hall–Kier alpha value is -3.68. The number of allylic oxidation sites excluding steroid dienone is 1. The molecule has 1 aliphatic rings. The van der Waals surface area contributed by atoms with Crippen molar-refractivity contribution < 1.29 is 35.8 Å². The van der Waals surface area contributed by atoms with Crippen molar-refractivity contribution >= 4 is 0 Å². The van der Waals surface area contributed by atoms with Crippen LogP contribution in [0.4, 0.5) is 26.3 Å². The Morgan fingerprint density at radius 3 is 1.68 bits per heavy atom. The first-order chi connectivity index (χ1) is 21.2. The van der Waals surface area contributed by atoms with Crippen molar-refractivity contribution in [2.75, 3.05) is 13.2 Å². The molecule has 0 N–H and O–H groups in total. The van der Waals surface area contributed by atoms with Gasteiger partial charge in [-0.15, -0.1) is 6.58 Å². The van der Waals surface area contributed by atoms with Crippen LogP contribution in [0.15, 0.2) is 61.2 Å². The normalized spacial score (nSPS) is 16.2. The topological polar surface area (TPSA) is 18.5 Å². The summed E-state index contributed by atoms with van der Waals surface area (Å²) in [6, 6.07) is 8.04. The van der Waals surface area contributed by atoms with E-state index in [0.29, 0.717) is 44.1 Å². The number of halogens is 6. The highest BCUT2D eigenvalue weighted by molar-refractivity contribution is 5.66. The molecular weight excluding hydrogens is 578 g/mol. The van der Waals surface area contributed by atoms with Gasteiger partial charge in [0, 0.05) is 23.0 Å². The van der Waals surface area contributed by atoms with Crippen molar-refractivity contribution in [3.05, 3.63) is 107 Å². The van der Waals surface area contributed by atoms with Crippen molar-refractivity contribution in [1.82, 2.24) is 0 Å². The molecule has 3 aromatic rings. The van der Waals surface area contributed by atoms with E-state index in [1.54, 1.807) is 12.1 Å². The third-order valence-corrected chi connectivity index (χ3v) is 8.00. The number of rotatable bonds is 15. The standard InChI is InChI=1S/C36H38F6O2/c1-3-5-7-9-25-15-17-27(33(39)31(25)37)28-18-20-30(36(42)34(28)40)44-22-24-13-11-23(12-14-24)21-43-29-19-16-26(10-8-6-4-2)32(38)35(29)41/h3,11,13,15-20,23-24H,1,4-10,12,14,21-22H2,2H3. The number of aryl methyl sites for hydroxylation is 2. The Kier molecular flexibility index (Phi) is 12.0. The van der Waals surface area contributed by atoms with Gasteiger partial charge in [0.15, 0.2) is 34.8 Å². The molecule has 1 aliphatic carbocycles. The number of benzene rings is 3. The van der Waals surface area contributed by atoms with Gasteiger partial charge < -0.3 is 9.47 Å². The molecule has 2 unspecified atom stereocenters. The second kappa shape index (κ2) is 15.9. The van der Waals surface area contributed by atoms with Crippen LogP contribution in [0.3, 0.4) is 0 Å². The zero-order valence-corrected chi connectivity index (χ0v) is 24.9. The van der Waals surface area contributed by atoms with E-state index in [9.17, 15) is 26.3 Å². The molecule has 236 valence electrons. The molecule has 44 heavy (non-hydrogen) atoms. The zero-order chi connectivity index (χ0) is 31.6. The van der Waals surface area contributed by atoms with Gasteiger partial charge in [-0.3, -0.25) is 0 Å². The summed E-state index contributed by atoms with van der Waals surface area (Å²) in [4.78, 5) is 0. The van der Waals surface area contributed by atoms with Crippen molar-refractivity contribution in [2.24, 2.45) is 11.8 Å². The summed E-state index contributed by atoms with van der Waals surface area (Å²) in [5, 5.41) is 0. The maximum Gasteiger partial charge on any atom is 0.201 e. The van der Waals surface area contributed by atoms with E-state index in [2.05, 4.69) is 6.58 Å². The Bertz CT molecular complexity index is 1470. The summed E-state index contributed by atoms with van der Waals surface area (Å²) in [6.07, 6.45) is 11.5. The molecule has 0 fully saturated rings. The van der Waals surface area contributed by atoms with Crippen LogP contribution in [-0.2, 0) is 12.8 Å². The van der Waals surface area contributed by atoms with Crippen LogP contribution in [0, 0.1) is 46.7 Å². The molecule has 0 saturated heterocycles. The fourth-order valence-corrected chi connectivity index (χ4v) is 5.33. The summed E-state index contributed by atoms with van der Waals surface area (Å²) in [6.45, 7) is 5.89. The predicted molar refractivity (Wildman–Crippen MR) is 161 cm³/mol. The molecule has 2 atom stereocenters. The van der Waals surface area contributed by atoms with Crippen LogP contribution in [-0.4, -0.2) is 13.2 Å². The third-order valence-electron chi connectivity index (χ3n) is 8.00. The molecule has 0 aromatic heterocycles. The summed E-state index contributed by atoms with van der Waals surface area (Å²) in [7, 11) is 0. The second-order valence-electron chi connectivity index (χ2n) is 11.2. The van der Waals surface area contributed by atoms with E-state index in [1.807, 2.05) is 19.1 Å². The molecule has 0 bridgehead atoms. The maximum absolute atomic E-state index is 15.0. The average Bonchev–Trinajstić information content (AvgIpc) is 3.03. The fourth-order valence-electron chi connectivity index (χ4n) is 5.33. The van der Waals surface area contributed by atoms with Gasteiger partial charge in [0.2, 0.25) is 11.6 Å². The van der Waals surface area contributed by atoms with Crippen LogP contribution in [0.2, 0.25) is 0 Å². The molecule has 8 heteroatoms. The molecule has 4 rings (SSSR count). The van der Waals surface area contributed by atoms with Crippen LogP contribution in [0.5, 0.6) is 11.5 Å². The lowest BCUT2D eigenvalue weighted by Gasteiger charge is -2.23. The van der Waals surface area contributed by atoms with Gasteiger partial charge in [-0.05, 0) is 74.3 Å². The fraction of sp³-hybridized carbons (Fsp3) is 0.389. The lowest BCUT2D eigenvalue weighted by atomic mass is 9.89. The Labute approximate surface area is 255 Å². The lowest BCUT2D eigenvalue weighted by molar-refractivity contribution is 0.216.